The van der Waals surface area contributed by atoms with Crippen molar-refractivity contribution in [1.29, 1.82) is 0 Å². The molecule has 0 bridgehead atoms. The van der Waals surface area contributed by atoms with E-state index in [1.165, 1.54) is 18.4 Å². The Morgan fingerprint density at radius 1 is 1.29 bits per heavy atom. The SMILES string of the molecule is CCNC(c1ccc(OC)cc1)C(C)C1CC1. The Morgan fingerprint density at radius 2 is 1.94 bits per heavy atom. The molecule has 0 spiro atoms. The summed E-state index contributed by atoms with van der Waals surface area (Å²) >= 11 is 0. The maximum Gasteiger partial charge on any atom is 0.118 e. The second-order valence-corrected chi connectivity index (χ2v) is 5.01. The Hall–Kier alpha value is -1.02. The van der Waals surface area contributed by atoms with Gasteiger partial charge >= 0.3 is 0 Å². The molecule has 0 aliphatic heterocycles. The maximum absolute atomic E-state index is 5.21. The van der Waals surface area contributed by atoms with Gasteiger partial charge in [0.2, 0.25) is 0 Å². The average Bonchev–Trinajstić information content (AvgIpc) is 3.20. The molecule has 1 aromatic carbocycles. The summed E-state index contributed by atoms with van der Waals surface area (Å²) < 4.78 is 5.21. The van der Waals surface area contributed by atoms with Crippen molar-refractivity contribution in [3.63, 3.8) is 0 Å². The monoisotopic (exact) mass is 233 g/mol. The summed E-state index contributed by atoms with van der Waals surface area (Å²) in [5, 5.41) is 3.62. The molecule has 0 saturated heterocycles. The van der Waals surface area contributed by atoms with Gasteiger partial charge in [0.15, 0.2) is 0 Å². The van der Waals surface area contributed by atoms with Gasteiger partial charge in [-0.1, -0.05) is 26.0 Å². The third kappa shape index (κ3) is 3.01. The normalized spacial score (nSPS) is 18.8. The number of rotatable bonds is 6. The van der Waals surface area contributed by atoms with E-state index in [9.17, 15) is 0 Å². The Labute approximate surface area is 104 Å². The van der Waals surface area contributed by atoms with E-state index >= 15 is 0 Å². The lowest BCUT2D eigenvalue weighted by molar-refractivity contribution is 0.354. The molecule has 1 saturated carbocycles. The fourth-order valence-electron chi connectivity index (χ4n) is 2.53. The summed E-state index contributed by atoms with van der Waals surface area (Å²) in [4.78, 5) is 0. The highest BCUT2D eigenvalue weighted by atomic mass is 16.5. The molecule has 1 fully saturated rings. The van der Waals surface area contributed by atoms with Crippen LogP contribution in [0.3, 0.4) is 0 Å². The van der Waals surface area contributed by atoms with Gasteiger partial charge in [-0.15, -0.1) is 0 Å². The second-order valence-electron chi connectivity index (χ2n) is 5.01. The molecule has 1 aliphatic carbocycles. The molecule has 1 aromatic rings. The molecule has 0 heterocycles. The minimum absolute atomic E-state index is 0.485. The fourth-order valence-corrected chi connectivity index (χ4v) is 2.53. The van der Waals surface area contributed by atoms with Crippen LogP contribution >= 0.6 is 0 Å². The van der Waals surface area contributed by atoms with E-state index in [0.717, 1.165) is 24.1 Å². The predicted molar refractivity (Wildman–Crippen MR) is 71.3 cm³/mol. The lowest BCUT2D eigenvalue weighted by Crippen LogP contribution is -2.27. The van der Waals surface area contributed by atoms with Crippen LogP contribution in [0.2, 0.25) is 0 Å². The van der Waals surface area contributed by atoms with E-state index in [4.69, 9.17) is 4.74 Å². The molecular formula is C15H23NO. The van der Waals surface area contributed by atoms with E-state index in [-0.39, 0.29) is 0 Å². The lowest BCUT2D eigenvalue weighted by Gasteiger charge is -2.25. The molecular weight excluding hydrogens is 210 g/mol. The Balaban J connectivity index is 2.12. The Kier molecular flexibility index (Phi) is 4.06. The molecule has 1 aliphatic rings. The molecule has 17 heavy (non-hydrogen) atoms. The van der Waals surface area contributed by atoms with E-state index in [0.29, 0.717) is 6.04 Å². The molecule has 2 nitrogen and oxygen atoms in total. The number of benzene rings is 1. The van der Waals surface area contributed by atoms with Crippen LogP contribution in [0.1, 0.15) is 38.3 Å². The molecule has 1 N–H and O–H groups in total. The number of hydrogen-bond donors (Lipinski definition) is 1. The minimum Gasteiger partial charge on any atom is -0.497 e. The minimum atomic E-state index is 0.485. The zero-order valence-corrected chi connectivity index (χ0v) is 11.1. The number of ether oxygens (including phenoxy) is 1. The first-order valence-corrected chi connectivity index (χ1v) is 6.63. The number of methoxy groups -OCH3 is 1. The Morgan fingerprint density at radius 3 is 2.41 bits per heavy atom. The van der Waals surface area contributed by atoms with Crippen molar-refractivity contribution < 1.29 is 4.74 Å². The van der Waals surface area contributed by atoms with E-state index in [1.807, 2.05) is 0 Å². The van der Waals surface area contributed by atoms with Gasteiger partial charge in [0.1, 0.15) is 5.75 Å². The van der Waals surface area contributed by atoms with Crippen molar-refractivity contribution in [3.05, 3.63) is 29.8 Å². The van der Waals surface area contributed by atoms with Crippen molar-refractivity contribution in [2.24, 2.45) is 11.8 Å². The first kappa shape index (κ1) is 12.4. The quantitative estimate of drug-likeness (QED) is 0.813. The van der Waals surface area contributed by atoms with Crippen LogP contribution in [0.15, 0.2) is 24.3 Å². The molecule has 0 amide bonds. The third-order valence-corrected chi connectivity index (χ3v) is 3.79. The van der Waals surface area contributed by atoms with E-state index < -0.39 is 0 Å². The Bertz CT molecular complexity index is 342. The van der Waals surface area contributed by atoms with Crippen molar-refractivity contribution in [1.82, 2.24) is 5.32 Å². The zero-order valence-electron chi connectivity index (χ0n) is 11.1. The largest absolute Gasteiger partial charge is 0.497 e. The molecule has 0 radical (unpaired) electrons. The highest BCUT2D eigenvalue weighted by molar-refractivity contribution is 5.29. The van der Waals surface area contributed by atoms with Gasteiger partial charge in [0.05, 0.1) is 7.11 Å². The molecule has 2 heteroatoms. The van der Waals surface area contributed by atoms with Crippen LogP contribution in [0.25, 0.3) is 0 Å². The van der Waals surface area contributed by atoms with Gasteiger partial charge in [0.25, 0.3) is 0 Å². The van der Waals surface area contributed by atoms with Crippen LogP contribution in [-0.2, 0) is 0 Å². The summed E-state index contributed by atoms with van der Waals surface area (Å²) in [6.07, 6.45) is 2.80. The molecule has 2 rings (SSSR count). The molecule has 94 valence electrons. The summed E-state index contributed by atoms with van der Waals surface area (Å²) in [5.74, 6) is 2.58. The average molecular weight is 233 g/mol. The summed E-state index contributed by atoms with van der Waals surface area (Å²) in [6.45, 7) is 5.57. The summed E-state index contributed by atoms with van der Waals surface area (Å²) in [7, 11) is 1.71. The molecule has 2 unspecified atom stereocenters. The van der Waals surface area contributed by atoms with Gasteiger partial charge in [0, 0.05) is 6.04 Å². The van der Waals surface area contributed by atoms with Gasteiger partial charge < -0.3 is 10.1 Å². The third-order valence-electron chi connectivity index (χ3n) is 3.79. The zero-order chi connectivity index (χ0) is 12.3. The van der Waals surface area contributed by atoms with Crippen LogP contribution in [0.5, 0.6) is 5.75 Å². The van der Waals surface area contributed by atoms with Gasteiger partial charge in [-0.05, 0) is 48.9 Å². The first-order valence-electron chi connectivity index (χ1n) is 6.63. The van der Waals surface area contributed by atoms with Crippen molar-refractivity contribution in [3.8, 4) is 5.75 Å². The van der Waals surface area contributed by atoms with Crippen LogP contribution in [0, 0.1) is 11.8 Å². The topological polar surface area (TPSA) is 21.3 Å². The first-order chi connectivity index (χ1) is 8.26. The van der Waals surface area contributed by atoms with Crippen molar-refractivity contribution >= 4 is 0 Å². The van der Waals surface area contributed by atoms with E-state index in [2.05, 4.69) is 43.4 Å². The highest BCUT2D eigenvalue weighted by Crippen LogP contribution is 2.42. The second kappa shape index (κ2) is 5.54. The van der Waals surface area contributed by atoms with Gasteiger partial charge in [-0.3, -0.25) is 0 Å². The molecule has 0 aromatic heterocycles. The highest BCUT2D eigenvalue weighted by Gasteiger charge is 2.33. The van der Waals surface area contributed by atoms with Crippen LogP contribution in [0.4, 0.5) is 0 Å². The fraction of sp³-hybridized carbons (Fsp3) is 0.600. The van der Waals surface area contributed by atoms with Crippen LogP contribution < -0.4 is 10.1 Å². The lowest BCUT2D eigenvalue weighted by atomic mass is 9.90. The smallest absolute Gasteiger partial charge is 0.118 e. The van der Waals surface area contributed by atoms with Crippen molar-refractivity contribution in [2.45, 2.75) is 32.7 Å². The predicted octanol–water partition coefficient (Wildman–Crippen LogP) is 3.39. The molecule has 2 atom stereocenters. The summed E-state index contributed by atoms with van der Waals surface area (Å²) in [5.41, 5.74) is 1.38. The van der Waals surface area contributed by atoms with Crippen LogP contribution in [-0.4, -0.2) is 13.7 Å². The van der Waals surface area contributed by atoms with Gasteiger partial charge in [-0.2, -0.15) is 0 Å². The maximum atomic E-state index is 5.21. The number of hydrogen-bond acceptors (Lipinski definition) is 2. The standard InChI is InChI=1S/C15H23NO/c1-4-16-15(11(2)12-5-6-12)13-7-9-14(17-3)10-8-13/h7-12,15-16H,4-6H2,1-3H3. The van der Waals surface area contributed by atoms with Gasteiger partial charge in [-0.25, -0.2) is 0 Å². The number of nitrogens with one attached hydrogen (secondary N) is 1. The van der Waals surface area contributed by atoms with Crippen molar-refractivity contribution in [2.75, 3.05) is 13.7 Å². The van der Waals surface area contributed by atoms with E-state index in [1.54, 1.807) is 7.11 Å². The summed E-state index contributed by atoms with van der Waals surface area (Å²) in [6, 6.07) is 8.97.